The first-order chi connectivity index (χ1) is 10.0. The minimum absolute atomic E-state index is 0.283. The van der Waals surface area contributed by atoms with E-state index in [1.54, 1.807) is 43.3 Å². The lowest BCUT2D eigenvalue weighted by atomic mass is 9.97. The molecule has 0 spiro atoms. The van der Waals surface area contributed by atoms with Crippen LogP contribution >= 0.6 is 22.9 Å². The fraction of sp³-hybridized carbons (Fsp3) is 0.200. The molecule has 0 aliphatic carbocycles. The predicted molar refractivity (Wildman–Crippen MR) is 83.6 cm³/mol. The van der Waals surface area contributed by atoms with Crippen molar-refractivity contribution in [3.05, 3.63) is 57.2 Å². The third-order valence-electron chi connectivity index (χ3n) is 3.35. The van der Waals surface area contributed by atoms with Crippen molar-refractivity contribution in [3.8, 4) is 0 Å². The summed E-state index contributed by atoms with van der Waals surface area (Å²) in [6.07, 6.45) is 0.283. The summed E-state index contributed by atoms with van der Waals surface area (Å²) in [5.41, 5.74) is -0.162. The van der Waals surface area contributed by atoms with Gasteiger partial charge in [0.1, 0.15) is 0 Å². The fourth-order valence-corrected chi connectivity index (χ4v) is 3.15. The molecule has 1 aliphatic rings. The molecule has 1 aromatic carbocycles. The molecule has 21 heavy (non-hydrogen) atoms. The van der Waals surface area contributed by atoms with Crippen molar-refractivity contribution in [3.63, 3.8) is 0 Å². The molecule has 2 aromatic rings. The molecule has 0 fully saturated rings. The van der Waals surface area contributed by atoms with Gasteiger partial charge in [0.15, 0.2) is 5.72 Å². The van der Waals surface area contributed by atoms with Gasteiger partial charge < -0.3 is 5.11 Å². The summed E-state index contributed by atoms with van der Waals surface area (Å²) in [4.78, 5) is 13.1. The lowest BCUT2D eigenvalue weighted by Gasteiger charge is -2.31. The van der Waals surface area contributed by atoms with E-state index in [9.17, 15) is 9.90 Å². The van der Waals surface area contributed by atoms with Crippen LogP contribution < -0.4 is 0 Å². The van der Waals surface area contributed by atoms with Crippen LogP contribution in [0.3, 0.4) is 0 Å². The number of nitrogens with zero attached hydrogens (tertiary/aromatic N) is 2. The first-order valence-electron chi connectivity index (χ1n) is 6.41. The van der Waals surface area contributed by atoms with Gasteiger partial charge in [0.25, 0.3) is 5.91 Å². The largest absolute Gasteiger partial charge is 0.365 e. The maximum atomic E-state index is 12.6. The number of amides is 1. The van der Waals surface area contributed by atoms with Gasteiger partial charge in [-0.1, -0.05) is 29.8 Å². The van der Waals surface area contributed by atoms with E-state index in [1.165, 1.54) is 11.3 Å². The average molecular weight is 321 g/mol. The topological polar surface area (TPSA) is 52.9 Å². The second-order valence-electron chi connectivity index (χ2n) is 4.93. The Bertz CT molecular complexity index is 697. The molecular weight excluding hydrogens is 308 g/mol. The smallest absolute Gasteiger partial charge is 0.286 e. The molecule has 2 heterocycles. The van der Waals surface area contributed by atoms with Gasteiger partial charge in [-0.3, -0.25) is 4.79 Å². The van der Waals surface area contributed by atoms with Crippen molar-refractivity contribution in [2.24, 2.45) is 5.10 Å². The lowest BCUT2D eigenvalue weighted by Crippen LogP contribution is -2.43. The Morgan fingerprint density at radius 1 is 1.38 bits per heavy atom. The Morgan fingerprint density at radius 3 is 2.71 bits per heavy atom. The second kappa shape index (κ2) is 5.26. The standard InChI is InChI=1S/C15H13ClN2O2S/c1-10-9-15(20,11-4-6-12(16)7-5-11)18(17-10)14(19)13-3-2-8-21-13/h2-8,20H,9H2,1H3. The van der Waals surface area contributed by atoms with Gasteiger partial charge in [-0.2, -0.15) is 10.1 Å². The third-order valence-corrected chi connectivity index (χ3v) is 4.46. The second-order valence-corrected chi connectivity index (χ2v) is 6.31. The van der Waals surface area contributed by atoms with Crippen LogP contribution in [-0.2, 0) is 5.72 Å². The molecule has 6 heteroatoms. The van der Waals surface area contributed by atoms with Crippen molar-refractivity contribution < 1.29 is 9.90 Å². The zero-order chi connectivity index (χ0) is 15.0. The van der Waals surface area contributed by atoms with E-state index in [1.807, 2.05) is 5.38 Å². The maximum Gasteiger partial charge on any atom is 0.286 e. The summed E-state index contributed by atoms with van der Waals surface area (Å²) in [7, 11) is 0. The number of halogens is 1. The number of thiophene rings is 1. The minimum atomic E-state index is -1.46. The van der Waals surface area contributed by atoms with Gasteiger partial charge in [-0.15, -0.1) is 11.3 Å². The number of hydrogen-bond acceptors (Lipinski definition) is 4. The van der Waals surface area contributed by atoms with Crippen LogP contribution in [-0.4, -0.2) is 21.7 Å². The Balaban J connectivity index is 2.01. The summed E-state index contributed by atoms with van der Waals surface area (Å²) in [6, 6.07) is 10.3. The van der Waals surface area contributed by atoms with Crippen LogP contribution in [0.25, 0.3) is 0 Å². The summed E-state index contributed by atoms with van der Waals surface area (Å²) < 4.78 is 0. The van der Waals surface area contributed by atoms with Crippen LogP contribution in [0.4, 0.5) is 0 Å². The summed E-state index contributed by atoms with van der Waals surface area (Å²) in [5, 5.41) is 18.8. The Labute approximate surface area is 131 Å². The minimum Gasteiger partial charge on any atom is -0.365 e. The van der Waals surface area contributed by atoms with Gasteiger partial charge in [-0.25, -0.2) is 0 Å². The molecule has 108 valence electrons. The number of carbonyl (C=O) groups is 1. The number of carbonyl (C=O) groups excluding carboxylic acids is 1. The molecule has 1 atom stereocenters. The third kappa shape index (κ3) is 2.48. The predicted octanol–water partition coefficient (Wildman–Crippen LogP) is 3.47. The molecule has 1 unspecified atom stereocenters. The van der Waals surface area contributed by atoms with E-state index in [2.05, 4.69) is 5.10 Å². The van der Waals surface area contributed by atoms with E-state index in [4.69, 9.17) is 11.6 Å². The van der Waals surface area contributed by atoms with Crippen LogP contribution in [0, 0.1) is 0 Å². The lowest BCUT2D eigenvalue weighted by molar-refractivity contribution is -0.0763. The van der Waals surface area contributed by atoms with E-state index < -0.39 is 5.72 Å². The Morgan fingerprint density at radius 2 is 2.10 bits per heavy atom. The van der Waals surface area contributed by atoms with Crippen molar-refractivity contribution in [1.29, 1.82) is 0 Å². The van der Waals surface area contributed by atoms with Gasteiger partial charge in [-0.05, 0) is 30.5 Å². The maximum absolute atomic E-state index is 12.6. The number of aliphatic hydroxyl groups is 1. The zero-order valence-corrected chi connectivity index (χ0v) is 12.9. The highest BCUT2D eigenvalue weighted by Crippen LogP contribution is 2.37. The molecule has 3 rings (SSSR count). The molecule has 4 nitrogen and oxygen atoms in total. The van der Waals surface area contributed by atoms with Gasteiger partial charge in [0.05, 0.1) is 4.88 Å². The first-order valence-corrected chi connectivity index (χ1v) is 7.67. The van der Waals surface area contributed by atoms with Crippen LogP contribution in [0.5, 0.6) is 0 Å². The highest BCUT2D eigenvalue weighted by molar-refractivity contribution is 7.12. The van der Waals surface area contributed by atoms with Gasteiger partial charge in [0, 0.05) is 22.7 Å². The first kappa shape index (κ1) is 14.3. The van der Waals surface area contributed by atoms with E-state index in [0.29, 0.717) is 21.2 Å². The zero-order valence-electron chi connectivity index (χ0n) is 11.3. The summed E-state index contributed by atoms with van der Waals surface area (Å²) >= 11 is 7.21. The van der Waals surface area contributed by atoms with Crippen molar-refractivity contribution in [1.82, 2.24) is 5.01 Å². The molecule has 0 bridgehead atoms. The van der Waals surface area contributed by atoms with Crippen LogP contribution in [0.15, 0.2) is 46.9 Å². The SMILES string of the molecule is CC1=NN(C(=O)c2cccs2)C(O)(c2ccc(Cl)cc2)C1. The van der Waals surface area contributed by atoms with E-state index in [0.717, 1.165) is 5.01 Å². The molecule has 1 amide bonds. The fourth-order valence-electron chi connectivity index (χ4n) is 2.38. The highest BCUT2D eigenvalue weighted by atomic mass is 35.5. The van der Waals surface area contributed by atoms with Gasteiger partial charge >= 0.3 is 0 Å². The van der Waals surface area contributed by atoms with Crippen molar-refractivity contribution in [2.75, 3.05) is 0 Å². The molecule has 1 aromatic heterocycles. The summed E-state index contributed by atoms with van der Waals surface area (Å²) in [6.45, 7) is 1.79. The number of hydrazone groups is 1. The number of benzene rings is 1. The van der Waals surface area contributed by atoms with Gasteiger partial charge in [0.2, 0.25) is 0 Å². The quantitative estimate of drug-likeness (QED) is 0.921. The molecule has 0 radical (unpaired) electrons. The number of hydrogen-bond donors (Lipinski definition) is 1. The number of rotatable bonds is 2. The molecular formula is C15H13ClN2O2S. The van der Waals surface area contributed by atoms with Crippen LogP contribution in [0.2, 0.25) is 5.02 Å². The molecule has 0 saturated carbocycles. The van der Waals surface area contributed by atoms with Crippen molar-refractivity contribution >= 4 is 34.6 Å². The average Bonchev–Trinajstić information content (AvgIpc) is 3.07. The Kier molecular flexibility index (Phi) is 3.57. The Hall–Kier alpha value is -1.69. The van der Waals surface area contributed by atoms with Crippen molar-refractivity contribution in [2.45, 2.75) is 19.1 Å². The normalized spacial score (nSPS) is 21.5. The molecule has 1 aliphatic heterocycles. The van der Waals surface area contributed by atoms with Crippen LogP contribution in [0.1, 0.15) is 28.6 Å². The highest BCUT2D eigenvalue weighted by Gasteiger charge is 2.45. The van der Waals surface area contributed by atoms with E-state index in [-0.39, 0.29) is 12.3 Å². The molecule has 1 N–H and O–H groups in total. The van der Waals surface area contributed by atoms with E-state index >= 15 is 0 Å². The molecule has 0 saturated heterocycles. The summed E-state index contributed by atoms with van der Waals surface area (Å²) in [5.74, 6) is -0.306. The monoisotopic (exact) mass is 320 g/mol.